The fraction of sp³-hybridized carbons (Fsp3) is 0.375. The molecule has 0 bridgehead atoms. The molecule has 2 aromatic carbocycles. The lowest BCUT2D eigenvalue weighted by Gasteiger charge is -2.25. The number of ether oxygens (including phenoxy) is 2. The number of nitrogens with zero attached hydrogens (tertiary/aromatic N) is 3. The number of amides is 1. The predicted octanol–water partition coefficient (Wildman–Crippen LogP) is 4.68. The van der Waals surface area contributed by atoms with Crippen molar-refractivity contribution in [2.45, 2.75) is 46.2 Å². The third-order valence-corrected chi connectivity index (χ3v) is 4.97. The Bertz CT molecular complexity index is 979. The maximum atomic E-state index is 12.8. The Balaban J connectivity index is 1.62. The fourth-order valence-electron chi connectivity index (χ4n) is 3.06. The van der Waals surface area contributed by atoms with Gasteiger partial charge in [-0.3, -0.25) is 4.79 Å². The third-order valence-electron chi connectivity index (χ3n) is 4.97. The van der Waals surface area contributed by atoms with Gasteiger partial charge in [0.1, 0.15) is 18.0 Å². The molecule has 0 fully saturated rings. The van der Waals surface area contributed by atoms with Gasteiger partial charge >= 0.3 is 0 Å². The minimum absolute atomic E-state index is 0.0456. The fourth-order valence-corrected chi connectivity index (χ4v) is 3.06. The van der Waals surface area contributed by atoms with E-state index in [0.29, 0.717) is 23.4 Å². The molecular weight excluding hydrogens is 394 g/mol. The largest absolute Gasteiger partial charge is 0.497 e. The molecule has 0 N–H and O–H groups in total. The number of hydrogen-bond donors (Lipinski definition) is 0. The van der Waals surface area contributed by atoms with Crippen molar-refractivity contribution in [3.8, 4) is 22.9 Å². The molecule has 0 aliphatic carbocycles. The summed E-state index contributed by atoms with van der Waals surface area (Å²) in [5.74, 6) is 2.56. The van der Waals surface area contributed by atoms with Crippen LogP contribution in [0.25, 0.3) is 11.4 Å². The zero-order valence-corrected chi connectivity index (χ0v) is 18.7. The lowest BCUT2D eigenvalue weighted by atomic mass is 10.0. The number of hydrogen-bond acceptors (Lipinski definition) is 6. The maximum Gasteiger partial charge on any atom is 0.261 e. The molecule has 0 spiro atoms. The maximum absolute atomic E-state index is 12.8. The van der Waals surface area contributed by atoms with E-state index in [1.165, 1.54) is 5.56 Å². The standard InChI is InChI=1S/C24H29N3O4/c1-16(2)18-6-12-21(13-7-18)30-15-23(28)27(17(3)4)14-22-25-24(26-31-22)19-8-10-20(29-5)11-9-19/h6-13,16-17H,14-15H2,1-5H3. The molecule has 3 aromatic rings. The van der Waals surface area contributed by atoms with Gasteiger partial charge in [0.25, 0.3) is 5.91 Å². The molecule has 31 heavy (non-hydrogen) atoms. The second-order valence-electron chi connectivity index (χ2n) is 7.87. The number of aromatic nitrogens is 2. The van der Waals surface area contributed by atoms with E-state index >= 15 is 0 Å². The van der Waals surface area contributed by atoms with Gasteiger partial charge < -0.3 is 18.9 Å². The monoisotopic (exact) mass is 423 g/mol. The minimum atomic E-state index is -0.146. The lowest BCUT2D eigenvalue weighted by Crippen LogP contribution is -2.39. The van der Waals surface area contributed by atoms with Crippen molar-refractivity contribution in [3.05, 3.63) is 60.0 Å². The molecule has 0 aliphatic rings. The zero-order chi connectivity index (χ0) is 22.4. The van der Waals surface area contributed by atoms with Crippen molar-refractivity contribution >= 4 is 5.91 Å². The van der Waals surface area contributed by atoms with E-state index in [9.17, 15) is 4.79 Å². The van der Waals surface area contributed by atoms with Gasteiger partial charge in [0.05, 0.1) is 7.11 Å². The summed E-state index contributed by atoms with van der Waals surface area (Å²) in [6, 6.07) is 15.2. The van der Waals surface area contributed by atoms with Gasteiger partial charge in [0.2, 0.25) is 11.7 Å². The number of carbonyl (C=O) groups excluding carboxylic acids is 1. The quantitative estimate of drug-likeness (QED) is 0.497. The molecule has 0 atom stereocenters. The molecule has 1 heterocycles. The van der Waals surface area contributed by atoms with E-state index in [4.69, 9.17) is 14.0 Å². The molecule has 7 nitrogen and oxygen atoms in total. The van der Waals surface area contributed by atoms with Crippen LogP contribution in [-0.4, -0.2) is 40.7 Å². The van der Waals surface area contributed by atoms with Gasteiger partial charge in [-0.15, -0.1) is 0 Å². The highest BCUT2D eigenvalue weighted by Gasteiger charge is 2.21. The van der Waals surface area contributed by atoms with Crippen LogP contribution in [0.3, 0.4) is 0 Å². The van der Waals surface area contributed by atoms with Crippen LogP contribution in [0.1, 0.15) is 45.1 Å². The van der Waals surface area contributed by atoms with Crippen LogP contribution >= 0.6 is 0 Å². The Morgan fingerprint density at radius 2 is 1.65 bits per heavy atom. The van der Waals surface area contributed by atoms with Gasteiger partial charge in [-0.1, -0.05) is 31.1 Å². The van der Waals surface area contributed by atoms with Crippen molar-refractivity contribution in [1.29, 1.82) is 0 Å². The molecule has 1 amide bonds. The molecule has 0 saturated heterocycles. The summed E-state index contributed by atoms with van der Waals surface area (Å²) in [6.45, 7) is 8.31. The molecule has 0 radical (unpaired) electrons. The van der Waals surface area contributed by atoms with Gasteiger partial charge in [-0.25, -0.2) is 0 Å². The smallest absolute Gasteiger partial charge is 0.261 e. The Morgan fingerprint density at radius 3 is 2.23 bits per heavy atom. The molecule has 7 heteroatoms. The van der Waals surface area contributed by atoms with Crippen molar-refractivity contribution in [2.24, 2.45) is 0 Å². The van der Waals surface area contributed by atoms with Crippen molar-refractivity contribution < 1.29 is 18.8 Å². The summed E-state index contributed by atoms with van der Waals surface area (Å²) in [6.07, 6.45) is 0. The van der Waals surface area contributed by atoms with E-state index in [2.05, 4.69) is 24.0 Å². The summed E-state index contributed by atoms with van der Waals surface area (Å²) in [7, 11) is 1.61. The third kappa shape index (κ3) is 5.84. The van der Waals surface area contributed by atoms with Gasteiger partial charge in [-0.05, 0) is 61.7 Å². The average molecular weight is 424 g/mol. The molecule has 3 rings (SSSR count). The highest BCUT2D eigenvalue weighted by atomic mass is 16.5. The summed E-state index contributed by atoms with van der Waals surface area (Å²) >= 11 is 0. The van der Waals surface area contributed by atoms with Crippen LogP contribution in [0.5, 0.6) is 11.5 Å². The molecule has 0 aliphatic heterocycles. The number of methoxy groups -OCH3 is 1. The van der Waals surface area contributed by atoms with Crippen molar-refractivity contribution in [2.75, 3.05) is 13.7 Å². The summed E-state index contributed by atoms with van der Waals surface area (Å²) in [5.41, 5.74) is 2.04. The topological polar surface area (TPSA) is 77.7 Å². The van der Waals surface area contributed by atoms with Crippen LogP contribution in [0.2, 0.25) is 0 Å². The van der Waals surface area contributed by atoms with Crippen molar-refractivity contribution in [3.63, 3.8) is 0 Å². The second-order valence-corrected chi connectivity index (χ2v) is 7.87. The van der Waals surface area contributed by atoms with Crippen LogP contribution in [-0.2, 0) is 11.3 Å². The first-order valence-electron chi connectivity index (χ1n) is 10.4. The highest BCUT2D eigenvalue weighted by Crippen LogP contribution is 2.21. The molecular formula is C24H29N3O4. The van der Waals surface area contributed by atoms with Gasteiger partial charge in [0, 0.05) is 11.6 Å². The number of benzene rings is 2. The van der Waals surface area contributed by atoms with E-state index in [1.54, 1.807) is 12.0 Å². The summed E-state index contributed by atoms with van der Waals surface area (Å²) < 4.78 is 16.2. The van der Waals surface area contributed by atoms with Crippen molar-refractivity contribution in [1.82, 2.24) is 15.0 Å². The van der Waals surface area contributed by atoms with E-state index < -0.39 is 0 Å². The number of carbonyl (C=O) groups is 1. The normalized spacial score (nSPS) is 11.1. The zero-order valence-electron chi connectivity index (χ0n) is 18.7. The Labute approximate surface area is 183 Å². The van der Waals surface area contributed by atoms with Gasteiger partial charge in [0.15, 0.2) is 6.61 Å². The Hall–Kier alpha value is -3.35. The average Bonchev–Trinajstić information content (AvgIpc) is 3.24. The lowest BCUT2D eigenvalue weighted by molar-refractivity contribution is -0.136. The van der Waals surface area contributed by atoms with E-state index in [-0.39, 0.29) is 25.1 Å². The Morgan fingerprint density at radius 1 is 1.00 bits per heavy atom. The van der Waals surface area contributed by atoms with Crippen LogP contribution < -0.4 is 9.47 Å². The number of rotatable bonds is 9. The first kappa shape index (κ1) is 22.3. The van der Waals surface area contributed by atoms with Crippen LogP contribution in [0.15, 0.2) is 53.1 Å². The van der Waals surface area contributed by atoms with E-state index in [1.807, 2.05) is 62.4 Å². The van der Waals surface area contributed by atoms with E-state index in [0.717, 1.165) is 11.3 Å². The Kier molecular flexibility index (Phi) is 7.28. The molecule has 0 saturated carbocycles. The molecule has 0 unspecified atom stereocenters. The first-order valence-corrected chi connectivity index (χ1v) is 10.4. The predicted molar refractivity (Wildman–Crippen MR) is 118 cm³/mol. The molecule has 1 aromatic heterocycles. The second kappa shape index (κ2) is 10.1. The van der Waals surface area contributed by atoms with Crippen LogP contribution in [0, 0.1) is 0 Å². The highest BCUT2D eigenvalue weighted by molar-refractivity contribution is 5.78. The van der Waals surface area contributed by atoms with Crippen LogP contribution in [0.4, 0.5) is 0 Å². The minimum Gasteiger partial charge on any atom is -0.497 e. The molecule has 164 valence electrons. The summed E-state index contributed by atoms with van der Waals surface area (Å²) in [5, 5.41) is 4.03. The van der Waals surface area contributed by atoms with Gasteiger partial charge in [-0.2, -0.15) is 4.98 Å². The first-order chi connectivity index (χ1) is 14.9. The summed E-state index contributed by atoms with van der Waals surface area (Å²) in [4.78, 5) is 18.9. The SMILES string of the molecule is COc1ccc(-c2noc(CN(C(=O)COc3ccc(C(C)C)cc3)C(C)C)n2)cc1.